The zero-order chi connectivity index (χ0) is 35.9. The van der Waals surface area contributed by atoms with Crippen molar-refractivity contribution in [2.24, 2.45) is 0 Å². The summed E-state index contributed by atoms with van der Waals surface area (Å²) in [6.45, 7) is -7.58. The van der Waals surface area contributed by atoms with Gasteiger partial charge in [-0.05, 0) is 76.2 Å². The van der Waals surface area contributed by atoms with Gasteiger partial charge in [0, 0.05) is 47.2 Å². The number of benzene rings is 2. The molecule has 0 bridgehead atoms. The summed E-state index contributed by atoms with van der Waals surface area (Å²) < 4.78 is 99.5. The van der Waals surface area contributed by atoms with Crippen LogP contribution in [0, 0.1) is 0 Å². The Balaban J connectivity index is 1.69. The van der Waals surface area contributed by atoms with Crippen LogP contribution in [0.25, 0.3) is 5.57 Å². The zero-order valence-corrected chi connectivity index (χ0v) is 19.3. The summed E-state index contributed by atoms with van der Waals surface area (Å²) in [6, 6.07) is 7.79. The van der Waals surface area contributed by atoms with E-state index in [-0.39, 0.29) is 33.7 Å². The highest BCUT2D eigenvalue weighted by Gasteiger charge is 2.40. The van der Waals surface area contributed by atoms with E-state index in [4.69, 9.17) is 16.4 Å². The molecule has 0 spiro atoms. The molecule has 0 amide bonds. The molecule has 0 radical (unpaired) electrons. The fourth-order valence-corrected chi connectivity index (χ4v) is 4.95. The Hall–Kier alpha value is -3.93. The Kier molecular flexibility index (Phi) is 2.88. The molecule has 0 aromatic heterocycles. The molecule has 2 aromatic carbocycles. The summed E-state index contributed by atoms with van der Waals surface area (Å²) in [7, 11) is 0. The molecule has 2 aromatic rings. The molecule has 2 N–H and O–H groups in total. The van der Waals surface area contributed by atoms with E-state index in [1.807, 2.05) is 0 Å². The second-order valence-electron chi connectivity index (χ2n) is 9.20. The fourth-order valence-electron chi connectivity index (χ4n) is 4.95. The van der Waals surface area contributed by atoms with Gasteiger partial charge in [-0.25, -0.2) is 14.2 Å². The number of hydrogen-bond acceptors (Lipinski definition) is 3. The van der Waals surface area contributed by atoms with Crippen molar-refractivity contribution in [2.45, 2.75) is 32.0 Å². The minimum Gasteiger partial charge on any atom is -0.478 e. The zero-order valence-electron chi connectivity index (χ0n) is 31.3. The number of hydrogen-bond donors (Lipinski definition) is 2. The highest BCUT2D eigenvalue weighted by molar-refractivity contribution is 6.08. The third-order valence-electron chi connectivity index (χ3n) is 6.85. The van der Waals surface area contributed by atoms with Crippen LogP contribution >= 0.6 is 0 Å². The van der Waals surface area contributed by atoms with Crippen LogP contribution in [0.15, 0.2) is 65.8 Å². The molecular formula is C30H29N2O4+. The predicted octanol–water partition coefficient (Wildman–Crippen LogP) is 4.74. The number of aromatic carboxylic acids is 2. The van der Waals surface area contributed by atoms with E-state index < -0.39 is 56.1 Å². The number of fused-ring (bicyclic) bond motifs is 2. The summed E-state index contributed by atoms with van der Waals surface area (Å²) in [5, 5.41) is 19.9. The topological polar surface area (TPSA) is 80.8 Å². The molecule has 4 aliphatic rings. The van der Waals surface area contributed by atoms with Crippen molar-refractivity contribution in [3.05, 3.63) is 93.6 Å². The summed E-state index contributed by atoms with van der Waals surface area (Å²) >= 11 is 0. The average Bonchev–Trinajstić information content (AvgIpc) is 2.96. The maximum Gasteiger partial charge on any atom is 0.336 e. The number of carbonyl (C=O) groups is 2. The van der Waals surface area contributed by atoms with Crippen molar-refractivity contribution in [1.82, 2.24) is 0 Å². The molecule has 0 saturated carbocycles. The molecule has 2 aliphatic heterocycles. The number of nitrogens with zero attached hydrogens (tertiary/aromatic N) is 2. The van der Waals surface area contributed by atoms with E-state index >= 15 is 0 Å². The van der Waals surface area contributed by atoms with Crippen molar-refractivity contribution in [3.8, 4) is 0 Å². The molecular weight excluding hydrogens is 452 g/mol. The van der Waals surface area contributed by atoms with Crippen molar-refractivity contribution in [2.75, 3.05) is 30.9 Å². The van der Waals surface area contributed by atoms with Crippen LogP contribution in [0.3, 0.4) is 0 Å². The van der Waals surface area contributed by atoms with Crippen molar-refractivity contribution in [1.29, 1.82) is 0 Å². The lowest BCUT2D eigenvalue weighted by atomic mass is 9.64. The SMILES string of the molecule is [2H]C1([2H])N(c2ccc3c(c2)C(C)(C)C2=CC(=[N+]4C([2H])([2H])C([2H])([2H])C4([2H])[2H])C=CC2=C3c2cc(C(=O)O)ccc2C(=O)O)C([2H])([2H])C1([2H])[2H]. The van der Waals surface area contributed by atoms with Crippen LogP contribution in [-0.4, -0.2) is 58.4 Å². The van der Waals surface area contributed by atoms with Crippen molar-refractivity contribution in [3.63, 3.8) is 0 Å². The molecule has 182 valence electrons. The normalized spacial score (nSPS) is 33.1. The highest BCUT2D eigenvalue weighted by atomic mass is 16.4. The van der Waals surface area contributed by atoms with Gasteiger partial charge in [0.25, 0.3) is 0 Å². The van der Waals surface area contributed by atoms with E-state index in [1.165, 1.54) is 42.5 Å². The van der Waals surface area contributed by atoms with Crippen LogP contribution in [0.4, 0.5) is 5.69 Å². The van der Waals surface area contributed by atoms with E-state index in [1.54, 1.807) is 13.8 Å². The van der Waals surface area contributed by atoms with E-state index in [0.717, 1.165) is 12.1 Å². The quantitative estimate of drug-likeness (QED) is 0.602. The lowest BCUT2D eigenvalue weighted by Gasteiger charge is -2.41. The molecule has 6 heteroatoms. The minimum atomic E-state index is -2.88. The summed E-state index contributed by atoms with van der Waals surface area (Å²) in [6.07, 6.45) is -1.45. The van der Waals surface area contributed by atoms with Crippen LogP contribution in [0.1, 0.15) is 80.4 Å². The molecule has 2 fully saturated rings. The lowest BCUT2D eigenvalue weighted by Crippen LogP contribution is -2.38. The van der Waals surface area contributed by atoms with Crippen LogP contribution in [0.2, 0.25) is 0 Å². The maximum absolute atomic E-state index is 12.5. The second kappa shape index (κ2) is 8.05. The number of carboxylic acids is 2. The first-order chi connectivity index (χ1) is 21.8. The smallest absolute Gasteiger partial charge is 0.336 e. The van der Waals surface area contributed by atoms with Crippen LogP contribution < -0.4 is 4.90 Å². The maximum atomic E-state index is 12.5. The second-order valence-corrected chi connectivity index (χ2v) is 9.20. The van der Waals surface area contributed by atoms with E-state index in [9.17, 15) is 19.8 Å². The summed E-state index contributed by atoms with van der Waals surface area (Å²) in [5.41, 5.74) is 0.0607. The molecule has 0 unspecified atom stereocenters. The first-order valence-corrected chi connectivity index (χ1v) is 11.2. The van der Waals surface area contributed by atoms with Gasteiger partial charge in [0.1, 0.15) is 18.5 Å². The van der Waals surface area contributed by atoms with Gasteiger partial charge in [-0.2, -0.15) is 0 Å². The molecule has 2 aliphatic carbocycles. The summed E-state index contributed by atoms with van der Waals surface area (Å²) in [4.78, 5) is 25.1. The third-order valence-corrected chi connectivity index (χ3v) is 6.85. The fraction of sp³-hybridized carbons (Fsp3) is 0.300. The molecule has 6 rings (SSSR count). The average molecular weight is 494 g/mol. The molecule has 2 saturated heterocycles. The lowest BCUT2D eigenvalue weighted by molar-refractivity contribution is -0.582. The van der Waals surface area contributed by atoms with Gasteiger partial charge in [-0.1, -0.05) is 19.9 Å². The number of allylic oxidation sites excluding steroid dienone is 5. The first-order valence-electron chi connectivity index (χ1n) is 17.2. The highest BCUT2D eigenvalue weighted by Crippen LogP contribution is 2.51. The Morgan fingerprint density at radius 1 is 0.972 bits per heavy atom. The Morgan fingerprint density at radius 3 is 2.47 bits per heavy atom. The van der Waals surface area contributed by atoms with Crippen molar-refractivity contribution >= 4 is 28.9 Å². The minimum absolute atomic E-state index is 0.00205. The number of anilines is 1. The van der Waals surface area contributed by atoms with E-state index in [0.29, 0.717) is 31.7 Å². The Labute approximate surface area is 227 Å². The van der Waals surface area contributed by atoms with E-state index in [2.05, 4.69) is 0 Å². The van der Waals surface area contributed by atoms with Gasteiger partial charge in [0.2, 0.25) is 0 Å². The van der Waals surface area contributed by atoms with Crippen molar-refractivity contribution < 1.29 is 40.8 Å². The molecule has 6 nitrogen and oxygen atoms in total. The largest absolute Gasteiger partial charge is 0.478 e. The Morgan fingerprint density at radius 2 is 1.75 bits per heavy atom. The summed E-state index contributed by atoms with van der Waals surface area (Å²) in [5.74, 6) is -2.70. The van der Waals surface area contributed by atoms with Gasteiger partial charge in [-0.3, -0.25) is 0 Å². The number of carboxylic acid groups (broad SMARTS) is 2. The first kappa shape index (κ1) is 12.9. The standard InChI is InChI=1S/C30H28N2O4/c1-30(2)25-16-19(31-11-3-12-31)6-9-22(25)27(23-10-7-20(17-26(23)30)32-13-4-14-32)24-15-18(28(33)34)5-8-21(24)29(35)36/h5-10,15-17H,3-4,11-14H2,1-2H3,(H-,33,34,35,36)/p+1/i3D2,4D2,11D2,12D2,13D2,14D2. The molecule has 36 heavy (non-hydrogen) atoms. The monoisotopic (exact) mass is 493 g/mol. The van der Waals surface area contributed by atoms with Gasteiger partial charge in [0.15, 0.2) is 5.71 Å². The molecule has 0 atom stereocenters. The van der Waals surface area contributed by atoms with Gasteiger partial charge in [0.05, 0.1) is 17.5 Å². The predicted molar refractivity (Wildman–Crippen MR) is 140 cm³/mol. The van der Waals surface area contributed by atoms with Gasteiger partial charge < -0.3 is 15.1 Å². The molecule has 2 heterocycles. The van der Waals surface area contributed by atoms with Crippen LogP contribution in [-0.2, 0) is 5.41 Å². The van der Waals surface area contributed by atoms with Gasteiger partial charge >= 0.3 is 11.9 Å². The van der Waals surface area contributed by atoms with Crippen LogP contribution in [0.5, 0.6) is 0 Å². The third kappa shape index (κ3) is 3.35. The Bertz CT molecular complexity index is 1950. The number of rotatable bonds is 4. The van der Waals surface area contributed by atoms with Gasteiger partial charge in [-0.15, -0.1) is 0 Å².